The average molecular weight is 996 g/mol. The number of hydrogen-bond acceptors (Lipinski definition) is 8. The number of nitrogens with zero attached hydrogens (tertiary/aromatic N) is 2. The molecule has 17 heteroatoms. The van der Waals surface area contributed by atoms with E-state index in [1.165, 1.54) is 36.8 Å². The summed E-state index contributed by atoms with van der Waals surface area (Å²) in [7, 11) is 1.56. The van der Waals surface area contributed by atoms with E-state index in [1.807, 2.05) is 24.3 Å². The maximum atomic E-state index is 12.6. The molecular weight excluding hydrogens is 936 g/mol. The van der Waals surface area contributed by atoms with Gasteiger partial charge in [-0.1, -0.05) is 70.7 Å². The molecule has 67 heavy (non-hydrogen) atoms. The molecule has 4 aliphatic rings. The van der Waals surface area contributed by atoms with Gasteiger partial charge in [0, 0.05) is 82.9 Å². The van der Waals surface area contributed by atoms with Crippen molar-refractivity contribution in [1.82, 2.24) is 25.8 Å². The molecule has 0 aromatic heterocycles. The third-order valence-corrected chi connectivity index (χ3v) is 14.0. The van der Waals surface area contributed by atoms with Gasteiger partial charge in [0.25, 0.3) is 5.91 Å². The number of nitrogens with one attached hydrogen (secondary N) is 4. The Labute approximate surface area is 412 Å². The SMILES string of the molecule is CNC(=O)c1cc(Cl)ccc1OCCCC(=O)NC1C[C@H]2CC[C@@H](C1)N2Cc1ccc(Cl)cc1.NC(=O)Nc1cc(Cl)ccc1OCCC(=O)NC1C[C@H]2CC[C@@H](C1)N2Cc1ccc(Cl)cc1. The minimum absolute atomic E-state index is 0.0380. The van der Waals surface area contributed by atoms with Crippen LogP contribution in [0.1, 0.15) is 92.1 Å². The van der Waals surface area contributed by atoms with Gasteiger partial charge in [0.2, 0.25) is 11.8 Å². The molecule has 0 aliphatic carbocycles. The molecule has 358 valence electrons. The van der Waals surface area contributed by atoms with Crippen LogP contribution in [0.25, 0.3) is 0 Å². The number of halogens is 4. The second-order valence-electron chi connectivity index (χ2n) is 17.7. The van der Waals surface area contributed by atoms with Crippen LogP contribution in [0.4, 0.5) is 10.5 Å². The Morgan fingerprint density at radius 2 is 1.04 bits per heavy atom. The van der Waals surface area contributed by atoms with E-state index in [9.17, 15) is 19.2 Å². The highest BCUT2D eigenvalue weighted by molar-refractivity contribution is 6.31. The molecule has 0 saturated carbocycles. The highest BCUT2D eigenvalue weighted by Gasteiger charge is 2.42. The van der Waals surface area contributed by atoms with Gasteiger partial charge >= 0.3 is 6.03 Å². The zero-order chi connectivity index (χ0) is 47.5. The van der Waals surface area contributed by atoms with E-state index in [-0.39, 0.29) is 42.8 Å². The Morgan fingerprint density at radius 3 is 1.54 bits per heavy atom. The first kappa shape index (κ1) is 50.1. The van der Waals surface area contributed by atoms with Gasteiger partial charge in [-0.15, -0.1) is 0 Å². The summed E-state index contributed by atoms with van der Waals surface area (Å²) in [5.74, 6) is 0.645. The van der Waals surface area contributed by atoms with Crippen LogP contribution in [0, 0.1) is 0 Å². The average Bonchev–Trinajstić information content (AvgIpc) is 3.66. The molecule has 0 radical (unpaired) electrons. The fourth-order valence-corrected chi connectivity index (χ4v) is 10.6. The summed E-state index contributed by atoms with van der Waals surface area (Å²) in [6.07, 6.45) is 9.80. The van der Waals surface area contributed by atoms with Gasteiger partial charge in [-0.05, 0) is 130 Å². The largest absolute Gasteiger partial charge is 0.493 e. The van der Waals surface area contributed by atoms with E-state index in [4.69, 9.17) is 61.6 Å². The predicted octanol–water partition coefficient (Wildman–Crippen LogP) is 9.39. The third kappa shape index (κ3) is 14.4. The molecule has 0 spiro atoms. The van der Waals surface area contributed by atoms with Gasteiger partial charge in [-0.3, -0.25) is 24.2 Å². The van der Waals surface area contributed by atoms with Crippen molar-refractivity contribution in [2.45, 2.75) is 120 Å². The standard InChI is InChI=1S/C26H31Cl2N3O3.C24H28Cl2N4O3/c1-29-26(33)23-13-19(28)8-11-24(23)34-12-2-3-25(32)30-20-14-21-9-10-22(15-20)31(21)16-17-4-6-18(27)7-5-17;25-16-3-1-15(2-4-16)14-30-19-6-7-20(30)13-18(12-19)28-23(31)9-10-33-22-8-5-17(26)11-21(22)29-24(27)32/h4-8,11,13,20-22H,2-3,9-10,12,14-16H2,1H3,(H,29,33)(H,30,32);1-5,8,11,18-20H,6-7,9-10,12-14H2,(H,28,31)(H3,27,29,32)/t20?,21-,22+;18?,19-,20+. The van der Waals surface area contributed by atoms with Gasteiger partial charge in [0.1, 0.15) is 11.5 Å². The summed E-state index contributed by atoms with van der Waals surface area (Å²) >= 11 is 24.0. The van der Waals surface area contributed by atoms with Crippen LogP contribution >= 0.6 is 46.4 Å². The maximum Gasteiger partial charge on any atom is 0.316 e. The van der Waals surface area contributed by atoms with Crippen LogP contribution in [0.5, 0.6) is 11.5 Å². The molecule has 5 amide bonds. The summed E-state index contributed by atoms with van der Waals surface area (Å²) in [6, 6.07) is 27.6. The Kier molecular flexibility index (Phi) is 18.0. The number of primary amides is 1. The number of rotatable bonds is 17. The summed E-state index contributed by atoms with van der Waals surface area (Å²) in [5.41, 5.74) is 8.50. The molecule has 4 heterocycles. The molecular formula is C50H59Cl4N7O6. The van der Waals surface area contributed by atoms with Gasteiger partial charge in [0.05, 0.1) is 30.9 Å². The Morgan fingerprint density at radius 1 is 0.597 bits per heavy atom. The van der Waals surface area contributed by atoms with Gasteiger partial charge in [-0.2, -0.15) is 0 Å². The molecule has 4 saturated heterocycles. The van der Waals surface area contributed by atoms with Crippen molar-refractivity contribution in [2.24, 2.45) is 5.73 Å². The summed E-state index contributed by atoms with van der Waals surface area (Å²) in [6.45, 7) is 2.39. The number of hydrogen-bond donors (Lipinski definition) is 5. The lowest BCUT2D eigenvalue weighted by Crippen LogP contribution is -2.50. The van der Waals surface area contributed by atoms with Crippen molar-refractivity contribution < 1.29 is 28.7 Å². The van der Waals surface area contributed by atoms with Gasteiger partial charge in [-0.25, -0.2) is 4.79 Å². The molecule has 4 aliphatic heterocycles. The number of fused-ring (bicyclic) bond motifs is 4. The molecule has 4 aromatic rings. The second-order valence-corrected chi connectivity index (χ2v) is 19.5. The van der Waals surface area contributed by atoms with Crippen molar-refractivity contribution in [3.8, 4) is 11.5 Å². The monoisotopic (exact) mass is 993 g/mol. The first-order chi connectivity index (χ1) is 32.3. The van der Waals surface area contributed by atoms with E-state index in [0.29, 0.717) is 76.4 Å². The molecule has 4 fully saturated rings. The van der Waals surface area contributed by atoms with E-state index < -0.39 is 6.03 Å². The van der Waals surface area contributed by atoms with Gasteiger partial charge in [0.15, 0.2) is 0 Å². The number of amides is 5. The molecule has 13 nitrogen and oxygen atoms in total. The summed E-state index contributed by atoms with van der Waals surface area (Å²) in [5, 5.41) is 13.9. The molecule has 2 unspecified atom stereocenters. The van der Waals surface area contributed by atoms with Crippen molar-refractivity contribution in [3.05, 3.63) is 122 Å². The first-order valence-electron chi connectivity index (χ1n) is 23.0. The Hall–Kier alpha value is -4.76. The quantitative estimate of drug-likeness (QED) is 0.0653. The molecule has 8 rings (SSSR count). The highest BCUT2D eigenvalue weighted by Crippen LogP contribution is 2.38. The van der Waals surface area contributed by atoms with Crippen molar-refractivity contribution in [3.63, 3.8) is 0 Å². The molecule has 4 aromatic carbocycles. The fourth-order valence-electron chi connectivity index (χ4n) is 9.97. The topological polar surface area (TPSA) is 167 Å². The van der Waals surface area contributed by atoms with Crippen molar-refractivity contribution >= 4 is 75.8 Å². The predicted molar refractivity (Wildman–Crippen MR) is 264 cm³/mol. The van der Waals surface area contributed by atoms with Crippen LogP contribution in [0.15, 0.2) is 84.9 Å². The Balaban J connectivity index is 0.000000199. The fraction of sp³-hybridized carbons (Fsp3) is 0.440. The summed E-state index contributed by atoms with van der Waals surface area (Å²) in [4.78, 5) is 53.4. The lowest BCUT2D eigenvalue weighted by molar-refractivity contribution is -0.123. The number of benzene rings is 4. The van der Waals surface area contributed by atoms with Gasteiger partial charge < -0.3 is 36.5 Å². The number of nitrogens with two attached hydrogens (primary N) is 1. The minimum atomic E-state index is -0.711. The van der Waals surface area contributed by atoms with Crippen LogP contribution < -0.4 is 36.5 Å². The number of anilines is 1. The summed E-state index contributed by atoms with van der Waals surface area (Å²) < 4.78 is 11.5. The van der Waals surface area contributed by atoms with E-state index in [0.717, 1.165) is 48.8 Å². The zero-order valence-electron chi connectivity index (χ0n) is 37.6. The number of carbonyl (C=O) groups is 4. The molecule has 4 bridgehead atoms. The first-order valence-corrected chi connectivity index (χ1v) is 24.5. The second kappa shape index (κ2) is 24.0. The Bertz CT molecular complexity index is 2310. The third-order valence-electron chi connectivity index (χ3n) is 13.1. The maximum absolute atomic E-state index is 12.6. The van der Waals surface area contributed by atoms with Crippen LogP contribution in [-0.4, -0.2) is 90.1 Å². The van der Waals surface area contributed by atoms with Crippen LogP contribution in [-0.2, 0) is 22.7 Å². The normalized spacial score (nSPS) is 21.9. The van der Waals surface area contributed by atoms with E-state index >= 15 is 0 Å². The number of ether oxygens (including phenoxy) is 2. The number of carbonyl (C=O) groups excluding carboxylic acids is 4. The van der Waals surface area contributed by atoms with Crippen LogP contribution in [0.2, 0.25) is 20.1 Å². The zero-order valence-corrected chi connectivity index (χ0v) is 40.6. The van der Waals surface area contributed by atoms with E-state index in [2.05, 4.69) is 55.3 Å². The lowest BCUT2D eigenvalue weighted by Gasteiger charge is -2.39. The van der Waals surface area contributed by atoms with Crippen molar-refractivity contribution in [1.29, 1.82) is 0 Å². The van der Waals surface area contributed by atoms with Crippen molar-refractivity contribution in [2.75, 3.05) is 25.6 Å². The number of piperidine rings is 2. The molecule has 6 N–H and O–H groups in total. The number of urea groups is 1. The highest BCUT2D eigenvalue weighted by atomic mass is 35.5. The molecule has 6 atom stereocenters. The van der Waals surface area contributed by atoms with E-state index in [1.54, 1.807) is 43.4 Å². The van der Waals surface area contributed by atoms with Crippen LogP contribution in [0.3, 0.4) is 0 Å². The smallest absolute Gasteiger partial charge is 0.316 e. The minimum Gasteiger partial charge on any atom is -0.493 e. The lowest BCUT2D eigenvalue weighted by atomic mass is 9.96.